The molecule has 3 aliphatic heterocycles. The second kappa shape index (κ2) is 14.4. The normalized spacial score (nSPS) is 13.3. The van der Waals surface area contributed by atoms with Crippen LogP contribution in [0.25, 0.3) is 44.4 Å². The number of aryl methyl sites for hydroxylation is 4. The molecule has 0 aliphatic carbocycles. The maximum atomic E-state index is 8.36. The van der Waals surface area contributed by atoms with E-state index in [1.807, 2.05) is 12.2 Å². The Bertz CT molecular complexity index is 1790. The van der Waals surface area contributed by atoms with Crippen LogP contribution in [0.3, 0.4) is 0 Å². The zero-order valence-electron chi connectivity index (χ0n) is 25.4. The van der Waals surface area contributed by atoms with Crippen LogP contribution in [-0.4, -0.2) is 28.3 Å². The minimum atomic E-state index is -0.250. The summed E-state index contributed by atoms with van der Waals surface area (Å²) >= 11 is 0. The van der Waals surface area contributed by atoms with Crippen LogP contribution in [0.4, 0.5) is 0 Å². The Morgan fingerprint density at radius 2 is 1.12 bits per heavy atom. The van der Waals surface area contributed by atoms with E-state index in [9.17, 15) is 0 Å². The second-order valence-electron chi connectivity index (χ2n) is 9.97. The summed E-state index contributed by atoms with van der Waals surface area (Å²) < 4.78 is 0. The van der Waals surface area contributed by atoms with Gasteiger partial charge in [-0.3, -0.25) is 4.79 Å². The summed E-state index contributed by atoms with van der Waals surface area (Å²) in [5.74, 6) is 0. The molecular formula is C34H36FeN4O4. The SMILES string of the molecule is C1OO1.C=CC1=C(C)c2cc3[n-]c(cc4[n-]c(cc5nc(cc1n2)C(C)=C5C=C)c(C)c4CC)c(CC)c3C.O=CO.[Fe+2]. The molecule has 1 N–H and O–H groups in total. The number of allylic oxidation sites excluding steroid dienone is 6. The third kappa shape index (κ3) is 6.81. The summed E-state index contributed by atoms with van der Waals surface area (Å²) in [5.41, 5.74) is 16.6. The summed E-state index contributed by atoms with van der Waals surface area (Å²) in [6, 6.07) is 8.41. The molecule has 3 aromatic heterocycles. The number of hydrogen-bond donors (Lipinski definition) is 1. The van der Waals surface area contributed by atoms with Crippen molar-refractivity contribution >= 4 is 50.8 Å². The van der Waals surface area contributed by atoms with Gasteiger partial charge in [0, 0.05) is 11.1 Å². The van der Waals surface area contributed by atoms with Crippen LogP contribution in [0.5, 0.6) is 0 Å². The number of carboxylic acid groups (broad SMARTS) is 1. The van der Waals surface area contributed by atoms with Gasteiger partial charge >= 0.3 is 17.1 Å². The molecule has 8 nitrogen and oxygen atoms in total. The molecule has 43 heavy (non-hydrogen) atoms. The van der Waals surface area contributed by atoms with Gasteiger partial charge in [0.25, 0.3) is 6.47 Å². The second-order valence-corrected chi connectivity index (χ2v) is 9.97. The van der Waals surface area contributed by atoms with Crippen molar-refractivity contribution in [3.05, 3.63) is 94.6 Å². The van der Waals surface area contributed by atoms with E-state index < -0.39 is 0 Å². The fourth-order valence-electron chi connectivity index (χ4n) is 5.41. The van der Waals surface area contributed by atoms with E-state index in [1.54, 1.807) is 0 Å². The number of hydrogen-bond acceptors (Lipinski definition) is 5. The molecular weight excluding hydrogens is 584 g/mol. The quantitative estimate of drug-likeness (QED) is 0.142. The van der Waals surface area contributed by atoms with Crippen LogP contribution in [0.15, 0.2) is 49.6 Å². The topological polar surface area (TPSA) is 116 Å². The number of rotatable bonds is 4. The Morgan fingerprint density at radius 1 is 0.744 bits per heavy atom. The van der Waals surface area contributed by atoms with E-state index in [-0.39, 0.29) is 23.5 Å². The molecule has 224 valence electrons. The molecule has 0 aromatic carbocycles. The summed E-state index contributed by atoms with van der Waals surface area (Å²) in [6.45, 7) is 21.2. The first-order valence-corrected chi connectivity index (χ1v) is 13.9. The van der Waals surface area contributed by atoms with Gasteiger partial charge in [-0.2, -0.15) is 0 Å². The van der Waals surface area contributed by atoms with Gasteiger partial charge in [-0.15, -0.1) is 22.1 Å². The van der Waals surface area contributed by atoms with Gasteiger partial charge in [-0.05, 0) is 57.7 Å². The van der Waals surface area contributed by atoms with Crippen molar-refractivity contribution in [2.45, 2.75) is 54.4 Å². The minimum absolute atomic E-state index is 0. The van der Waals surface area contributed by atoms with E-state index in [0.717, 1.165) is 80.0 Å². The Balaban J connectivity index is 0.000000657. The number of fused-ring (bicyclic) bond motifs is 8. The number of carbonyl (C=O) groups is 1. The van der Waals surface area contributed by atoms with Crippen LogP contribution in [0.1, 0.15) is 72.7 Å². The Hall–Kier alpha value is -4.01. The molecule has 0 radical (unpaired) electrons. The molecule has 3 aromatic rings. The summed E-state index contributed by atoms with van der Waals surface area (Å²) in [7, 11) is 0. The molecule has 6 heterocycles. The predicted molar refractivity (Wildman–Crippen MR) is 168 cm³/mol. The first kappa shape index (κ1) is 33.5. The van der Waals surface area contributed by atoms with E-state index in [0.29, 0.717) is 6.79 Å². The Kier molecular flexibility index (Phi) is 11.2. The van der Waals surface area contributed by atoms with Gasteiger partial charge < -0.3 is 15.1 Å². The van der Waals surface area contributed by atoms with Crippen molar-refractivity contribution in [1.82, 2.24) is 19.9 Å². The average Bonchev–Trinajstić information content (AvgIpc) is 3.66. The fraction of sp³-hybridized carbons (Fsp3) is 0.265. The van der Waals surface area contributed by atoms with Crippen molar-refractivity contribution in [1.29, 1.82) is 0 Å². The molecule has 1 saturated heterocycles. The monoisotopic (exact) mass is 620 g/mol. The van der Waals surface area contributed by atoms with Crippen molar-refractivity contribution < 1.29 is 36.7 Å². The molecule has 0 spiro atoms. The summed E-state index contributed by atoms with van der Waals surface area (Å²) in [4.78, 5) is 36.5. The first-order valence-electron chi connectivity index (χ1n) is 13.9. The predicted octanol–water partition coefficient (Wildman–Crippen LogP) is 7.15. The maximum absolute atomic E-state index is 8.36. The number of nitrogens with zero attached hydrogens (tertiary/aromatic N) is 4. The van der Waals surface area contributed by atoms with Gasteiger partial charge in [-0.25, -0.2) is 19.7 Å². The molecule has 6 rings (SSSR count). The molecule has 0 atom stereocenters. The summed E-state index contributed by atoms with van der Waals surface area (Å²) in [5, 5.41) is 6.89. The Labute approximate surface area is 262 Å². The third-order valence-corrected chi connectivity index (χ3v) is 7.71. The van der Waals surface area contributed by atoms with E-state index >= 15 is 0 Å². The van der Waals surface area contributed by atoms with Crippen molar-refractivity contribution in [3.8, 4) is 0 Å². The largest absolute Gasteiger partial charge is 2.00 e. The van der Waals surface area contributed by atoms with Crippen LogP contribution < -0.4 is 9.97 Å². The standard InChI is InChI=1S/C32H32N4.2CH2O2.Fe/c1-9-21-17(5)25-13-26-18(6)23(11-3)31(34-26)16-32-24(12-4)20(8)28(36-32)15-30-22(10-2)19(7)27(35-30)14-29(21)33-25;1-2-3-1;2-1-3;/h9-10,13-16H,1-2,11-12H2,3-8H3;1H2;1H,(H,2,3);/q-2;;;+2. The van der Waals surface area contributed by atoms with Crippen LogP contribution in [0.2, 0.25) is 0 Å². The maximum Gasteiger partial charge on any atom is 2.00 e. The van der Waals surface area contributed by atoms with E-state index in [1.165, 1.54) is 22.3 Å². The van der Waals surface area contributed by atoms with Gasteiger partial charge in [0.15, 0.2) is 0 Å². The van der Waals surface area contributed by atoms with E-state index in [2.05, 4.69) is 88.7 Å². The molecule has 3 aliphatic rings. The molecule has 0 amide bonds. The summed E-state index contributed by atoms with van der Waals surface area (Å²) in [6.07, 6.45) is 5.58. The first-order chi connectivity index (χ1) is 20.2. The van der Waals surface area contributed by atoms with E-state index in [4.69, 9.17) is 29.8 Å². The van der Waals surface area contributed by atoms with Gasteiger partial charge in [0.2, 0.25) is 6.79 Å². The molecule has 0 unspecified atom stereocenters. The van der Waals surface area contributed by atoms with Crippen molar-refractivity contribution in [2.75, 3.05) is 6.79 Å². The van der Waals surface area contributed by atoms with Gasteiger partial charge in [0.1, 0.15) is 0 Å². The molecule has 0 saturated carbocycles. The number of aromatic nitrogens is 4. The zero-order chi connectivity index (χ0) is 30.6. The smallest absolute Gasteiger partial charge is 0.657 e. The molecule has 8 bridgehead atoms. The van der Waals surface area contributed by atoms with Crippen LogP contribution in [0, 0.1) is 13.8 Å². The van der Waals surface area contributed by atoms with Gasteiger partial charge in [-0.1, -0.05) is 79.6 Å². The molecule has 9 heteroatoms. The van der Waals surface area contributed by atoms with Crippen molar-refractivity contribution in [3.63, 3.8) is 0 Å². The zero-order valence-corrected chi connectivity index (χ0v) is 26.5. The fourth-order valence-corrected chi connectivity index (χ4v) is 5.41. The minimum Gasteiger partial charge on any atom is -0.657 e. The van der Waals surface area contributed by atoms with Gasteiger partial charge in [0.05, 0.1) is 22.8 Å². The van der Waals surface area contributed by atoms with Crippen molar-refractivity contribution in [2.24, 2.45) is 0 Å². The average molecular weight is 621 g/mol. The van der Waals surface area contributed by atoms with Crippen LogP contribution in [-0.2, 0) is 44.5 Å². The molecule has 1 fully saturated rings. The van der Waals surface area contributed by atoms with Crippen LogP contribution >= 0.6 is 0 Å². The Morgan fingerprint density at radius 3 is 1.49 bits per heavy atom. The third-order valence-electron chi connectivity index (χ3n) is 7.71.